The Bertz CT molecular complexity index is 1450. The number of rotatable bonds is 9. The fourth-order valence-electron chi connectivity index (χ4n) is 5.23. The third-order valence-electron chi connectivity index (χ3n) is 7.67. The minimum atomic E-state index is -0.507. The van der Waals surface area contributed by atoms with E-state index in [9.17, 15) is 14.7 Å². The van der Waals surface area contributed by atoms with Crippen LogP contribution >= 0.6 is 0 Å². The van der Waals surface area contributed by atoms with Crippen molar-refractivity contribution in [1.82, 2.24) is 9.80 Å². The van der Waals surface area contributed by atoms with Crippen molar-refractivity contribution in [2.45, 2.75) is 32.5 Å². The number of methoxy groups -OCH3 is 1. The SMILES string of the molecule is COc1ccc(CN(C)C[C@H]2Oc3c(NC(=O)Nc4ccc5c(c4)OCO5)cccc3C(=O)N([C@@H](C)CO)C[C@H]2C)cc1. The summed E-state index contributed by atoms with van der Waals surface area (Å²) < 4.78 is 22.6. The number of fused-ring (bicyclic) bond motifs is 2. The maximum absolute atomic E-state index is 13.8. The van der Waals surface area contributed by atoms with E-state index < -0.39 is 12.1 Å². The molecule has 0 radical (unpaired) electrons. The Balaban J connectivity index is 1.39. The number of ether oxygens (including phenoxy) is 4. The summed E-state index contributed by atoms with van der Waals surface area (Å²) in [5, 5.41) is 15.6. The molecule has 0 saturated carbocycles. The third-order valence-corrected chi connectivity index (χ3v) is 7.67. The molecule has 11 nitrogen and oxygen atoms in total. The van der Waals surface area contributed by atoms with Crippen LogP contribution in [0.4, 0.5) is 16.2 Å². The zero-order chi connectivity index (χ0) is 30.5. The van der Waals surface area contributed by atoms with Crippen molar-refractivity contribution >= 4 is 23.3 Å². The van der Waals surface area contributed by atoms with Crippen LogP contribution < -0.4 is 29.6 Å². The molecule has 2 aliphatic rings. The number of anilines is 2. The molecule has 3 aromatic rings. The molecule has 0 aromatic heterocycles. The van der Waals surface area contributed by atoms with Gasteiger partial charge in [0, 0.05) is 37.3 Å². The highest BCUT2D eigenvalue weighted by Gasteiger charge is 2.34. The quantitative estimate of drug-likeness (QED) is 0.335. The number of amides is 3. The van der Waals surface area contributed by atoms with E-state index in [1.807, 2.05) is 45.2 Å². The van der Waals surface area contributed by atoms with Crippen LogP contribution in [0.25, 0.3) is 0 Å². The largest absolute Gasteiger partial charge is 0.497 e. The smallest absolute Gasteiger partial charge is 0.323 e. The van der Waals surface area contributed by atoms with E-state index >= 15 is 0 Å². The Morgan fingerprint density at radius 1 is 1.12 bits per heavy atom. The average molecular weight is 591 g/mol. The lowest BCUT2D eigenvalue weighted by molar-refractivity contribution is 0.0343. The molecule has 0 unspecified atom stereocenters. The van der Waals surface area contributed by atoms with Gasteiger partial charge in [0.05, 0.1) is 31.0 Å². The normalized spacial score (nSPS) is 18.3. The summed E-state index contributed by atoms with van der Waals surface area (Å²) in [6.45, 7) is 5.45. The van der Waals surface area contributed by atoms with Crippen LogP contribution in [0.15, 0.2) is 60.7 Å². The molecule has 43 heavy (non-hydrogen) atoms. The number of para-hydroxylation sites is 1. The molecular weight excluding hydrogens is 552 g/mol. The van der Waals surface area contributed by atoms with E-state index in [2.05, 4.69) is 15.5 Å². The number of carbonyl (C=O) groups is 2. The zero-order valence-corrected chi connectivity index (χ0v) is 24.8. The summed E-state index contributed by atoms with van der Waals surface area (Å²) in [4.78, 5) is 30.7. The van der Waals surface area contributed by atoms with Crippen LogP contribution in [0.5, 0.6) is 23.0 Å². The fourth-order valence-corrected chi connectivity index (χ4v) is 5.23. The van der Waals surface area contributed by atoms with Crippen LogP contribution in [-0.4, -0.2) is 79.6 Å². The number of nitrogens with zero attached hydrogens (tertiary/aromatic N) is 2. The van der Waals surface area contributed by atoms with Crippen molar-refractivity contribution in [3.05, 3.63) is 71.8 Å². The molecule has 0 saturated heterocycles. The molecule has 0 spiro atoms. The van der Waals surface area contributed by atoms with Gasteiger partial charge in [-0.25, -0.2) is 4.79 Å². The second-order valence-corrected chi connectivity index (χ2v) is 11.0. The number of benzene rings is 3. The highest BCUT2D eigenvalue weighted by atomic mass is 16.7. The lowest BCUT2D eigenvalue weighted by atomic mass is 9.99. The molecule has 3 N–H and O–H groups in total. The number of aliphatic hydroxyl groups excluding tert-OH is 1. The fraction of sp³-hybridized carbons (Fsp3) is 0.375. The van der Waals surface area contributed by atoms with Gasteiger partial charge >= 0.3 is 6.03 Å². The van der Waals surface area contributed by atoms with E-state index in [-0.39, 0.29) is 37.1 Å². The Morgan fingerprint density at radius 3 is 2.63 bits per heavy atom. The van der Waals surface area contributed by atoms with Gasteiger partial charge in [-0.05, 0) is 55.9 Å². The second kappa shape index (κ2) is 13.2. The molecule has 3 amide bonds. The van der Waals surface area contributed by atoms with Crippen molar-refractivity contribution in [1.29, 1.82) is 0 Å². The maximum atomic E-state index is 13.8. The lowest BCUT2D eigenvalue weighted by Crippen LogP contribution is -2.49. The molecule has 0 aliphatic carbocycles. The molecule has 3 aromatic carbocycles. The van der Waals surface area contributed by atoms with Gasteiger partial charge in [0.1, 0.15) is 11.9 Å². The molecule has 3 atom stereocenters. The van der Waals surface area contributed by atoms with Crippen molar-refractivity contribution in [2.75, 3.05) is 51.3 Å². The molecule has 2 heterocycles. The Hall–Kier alpha value is -4.48. The number of carbonyl (C=O) groups excluding carboxylic acids is 2. The Morgan fingerprint density at radius 2 is 1.88 bits per heavy atom. The highest BCUT2D eigenvalue weighted by molar-refractivity contribution is 6.04. The number of aliphatic hydroxyl groups is 1. The number of urea groups is 1. The number of likely N-dealkylation sites (N-methyl/N-ethyl adjacent to an activating group) is 1. The first-order valence-corrected chi connectivity index (χ1v) is 14.3. The third kappa shape index (κ3) is 6.95. The Kier molecular flexibility index (Phi) is 9.22. The van der Waals surface area contributed by atoms with E-state index in [0.29, 0.717) is 48.1 Å². The van der Waals surface area contributed by atoms with Crippen molar-refractivity contribution in [3.63, 3.8) is 0 Å². The summed E-state index contributed by atoms with van der Waals surface area (Å²) in [5.41, 5.74) is 2.32. The van der Waals surface area contributed by atoms with Crippen LogP contribution in [0.1, 0.15) is 29.8 Å². The van der Waals surface area contributed by atoms with Gasteiger partial charge in [0.15, 0.2) is 17.2 Å². The van der Waals surface area contributed by atoms with Gasteiger partial charge in [-0.3, -0.25) is 9.69 Å². The predicted molar refractivity (Wildman–Crippen MR) is 162 cm³/mol. The first-order chi connectivity index (χ1) is 20.7. The lowest BCUT2D eigenvalue weighted by Gasteiger charge is -2.38. The summed E-state index contributed by atoms with van der Waals surface area (Å²) in [5.74, 6) is 1.89. The molecule has 2 aliphatic heterocycles. The first-order valence-electron chi connectivity index (χ1n) is 14.3. The Labute approximate surface area is 251 Å². The van der Waals surface area contributed by atoms with E-state index in [4.69, 9.17) is 18.9 Å². The monoisotopic (exact) mass is 590 g/mol. The van der Waals surface area contributed by atoms with Gasteiger partial charge in [0.25, 0.3) is 5.91 Å². The standard InChI is InChI=1S/C32H38N4O7/c1-20-15-36(21(2)18-37)31(38)25-6-5-7-26(34-32(39)33-23-10-13-27-28(14-23)42-19-41-27)30(25)43-29(20)17-35(3)16-22-8-11-24(40-4)12-9-22/h5-14,20-21,29,37H,15-19H2,1-4H3,(H2,33,34,39)/t20-,21+,29-/m1/s1. The van der Waals surface area contributed by atoms with Crippen molar-refractivity contribution < 1.29 is 33.6 Å². The highest BCUT2D eigenvalue weighted by Crippen LogP contribution is 2.36. The topological polar surface area (TPSA) is 122 Å². The van der Waals surface area contributed by atoms with E-state index in [0.717, 1.165) is 11.3 Å². The second-order valence-electron chi connectivity index (χ2n) is 11.0. The van der Waals surface area contributed by atoms with Gasteiger partial charge in [-0.2, -0.15) is 0 Å². The first kappa shape index (κ1) is 30.0. The predicted octanol–water partition coefficient (Wildman–Crippen LogP) is 4.42. The van der Waals surface area contributed by atoms with E-state index in [1.54, 1.807) is 48.4 Å². The number of hydrogen-bond donors (Lipinski definition) is 3. The van der Waals surface area contributed by atoms with Gasteiger partial charge in [-0.1, -0.05) is 25.1 Å². The van der Waals surface area contributed by atoms with Crippen LogP contribution in [0.2, 0.25) is 0 Å². The van der Waals surface area contributed by atoms with Crippen molar-refractivity contribution in [2.24, 2.45) is 5.92 Å². The molecule has 5 rings (SSSR count). The van der Waals surface area contributed by atoms with Gasteiger partial charge < -0.3 is 39.6 Å². The summed E-state index contributed by atoms with van der Waals surface area (Å²) in [6, 6.07) is 17.2. The molecule has 228 valence electrons. The number of hydrogen-bond acceptors (Lipinski definition) is 8. The van der Waals surface area contributed by atoms with Crippen molar-refractivity contribution in [3.8, 4) is 23.0 Å². The summed E-state index contributed by atoms with van der Waals surface area (Å²) >= 11 is 0. The molecule has 0 fully saturated rings. The summed E-state index contributed by atoms with van der Waals surface area (Å²) in [7, 11) is 3.66. The van der Waals surface area contributed by atoms with Gasteiger partial charge in [0.2, 0.25) is 6.79 Å². The average Bonchev–Trinajstić information content (AvgIpc) is 3.47. The van der Waals surface area contributed by atoms with Crippen LogP contribution in [-0.2, 0) is 6.54 Å². The molecule has 11 heteroatoms. The minimum absolute atomic E-state index is 0.0834. The van der Waals surface area contributed by atoms with E-state index in [1.165, 1.54) is 0 Å². The minimum Gasteiger partial charge on any atom is -0.497 e. The maximum Gasteiger partial charge on any atom is 0.323 e. The number of nitrogens with one attached hydrogen (secondary N) is 2. The van der Waals surface area contributed by atoms with Crippen LogP contribution in [0, 0.1) is 5.92 Å². The zero-order valence-electron chi connectivity index (χ0n) is 24.8. The molecule has 0 bridgehead atoms. The van der Waals surface area contributed by atoms with Gasteiger partial charge in [-0.15, -0.1) is 0 Å². The summed E-state index contributed by atoms with van der Waals surface area (Å²) in [6.07, 6.45) is -0.330. The van der Waals surface area contributed by atoms with Crippen LogP contribution in [0.3, 0.4) is 0 Å². The molecular formula is C32H38N4O7.